The highest BCUT2D eigenvalue weighted by molar-refractivity contribution is 5.77. The molecular weight excluding hydrogens is 356 g/mol. The topological polar surface area (TPSA) is 48.1 Å². The van der Waals surface area contributed by atoms with Crippen molar-refractivity contribution in [2.24, 2.45) is 0 Å². The number of benzene rings is 3. The van der Waals surface area contributed by atoms with Gasteiger partial charge in [-0.3, -0.25) is 0 Å². The number of nitrogens with one attached hydrogen (secondary N) is 4. The zero-order valence-corrected chi connectivity index (χ0v) is 15.9. The van der Waals surface area contributed by atoms with Gasteiger partial charge in [0.2, 0.25) is 0 Å². The van der Waals surface area contributed by atoms with Crippen molar-refractivity contribution in [2.45, 2.75) is 18.8 Å². The third kappa shape index (κ3) is 2.85. The van der Waals surface area contributed by atoms with Crippen LogP contribution in [0.2, 0.25) is 0 Å². The van der Waals surface area contributed by atoms with Crippen molar-refractivity contribution in [3.63, 3.8) is 0 Å². The first-order valence-corrected chi connectivity index (χ1v) is 10.1. The second-order valence-electron chi connectivity index (χ2n) is 7.77. The minimum absolute atomic E-state index is 0.0884. The van der Waals surface area contributed by atoms with Crippen LogP contribution >= 0.6 is 0 Å². The van der Waals surface area contributed by atoms with Crippen molar-refractivity contribution in [1.82, 2.24) is 5.32 Å². The van der Waals surface area contributed by atoms with Crippen molar-refractivity contribution < 1.29 is 0 Å². The molecule has 29 heavy (non-hydrogen) atoms. The summed E-state index contributed by atoms with van der Waals surface area (Å²) in [4.78, 5) is 0. The molecule has 3 heterocycles. The minimum atomic E-state index is 0.0884. The third-order valence-electron chi connectivity index (χ3n) is 5.92. The molecule has 3 aliphatic heterocycles. The Morgan fingerprint density at radius 3 is 2.34 bits per heavy atom. The summed E-state index contributed by atoms with van der Waals surface area (Å²) in [6.07, 6.45) is 8.71. The van der Waals surface area contributed by atoms with Crippen LogP contribution in [0.1, 0.15) is 40.0 Å². The zero-order valence-electron chi connectivity index (χ0n) is 15.9. The lowest BCUT2D eigenvalue weighted by Crippen LogP contribution is -2.16. The normalized spacial score (nSPS) is 18.6. The van der Waals surface area contributed by atoms with Crippen molar-refractivity contribution in [3.8, 4) is 0 Å². The highest BCUT2D eigenvalue weighted by Crippen LogP contribution is 2.38. The monoisotopic (exact) mass is 378 g/mol. The van der Waals surface area contributed by atoms with Crippen LogP contribution in [0.4, 0.5) is 17.1 Å². The second kappa shape index (κ2) is 6.45. The molecule has 4 N–H and O–H groups in total. The summed E-state index contributed by atoms with van der Waals surface area (Å²) in [5, 5.41) is 14.2. The van der Waals surface area contributed by atoms with Crippen molar-refractivity contribution >= 4 is 29.2 Å². The summed E-state index contributed by atoms with van der Waals surface area (Å²) in [7, 11) is 0. The molecule has 3 aromatic rings. The Bertz CT molecular complexity index is 1140. The first kappa shape index (κ1) is 16.3. The molecule has 142 valence electrons. The fraction of sp³-hybridized carbons (Fsp3) is 0.120. The lowest BCUT2D eigenvalue weighted by atomic mass is 9.94. The predicted octanol–water partition coefficient (Wildman–Crippen LogP) is 5.48. The molecule has 6 rings (SSSR count). The standard InChI is InChI=1S/C25H22N4/c1-2-4-23-22(3-1)28-25(29-23)19-8-6-17-9-10-21(27-24(17)14-19)18-7-5-16-11-12-26-15-20(16)13-18/h1-14,21,25-29H,15H2. The Morgan fingerprint density at radius 1 is 0.690 bits per heavy atom. The number of anilines is 3. The van der Waals surface area contributed by atoms with Crippen LogP contribution < -0.4 is 21.3 Å². The van der Waals surface area contributed by atoms with Gasteiger partial charge in [0.15, 0.2) is 0 Å². The van der Waals surface area contributed by atoms with Crippen LogP contribution in [0.25, 0.3) is 12.2 Å². The van der Waals surface area contributed by atoms with Gasteiger partial charge in [0.1, 0.15) is 6.17 Å². The maximum Gasteiger partial charge on any atom is 0.123 e. The molecule has 4 heteroatoms. The van der Waals surface area contributed by atoms with Gasteiger partial charge in [0.25, 0.3) is 0 Å². The van der Waals surface area contributed by atoms with Gasteiger partial charge in [-0.05, 0) is 58.3 Å². The average Bonchev–Trinajstić information content (AvgIpc) is 3.22. The van der Waals surface area contributed by atoms with Gasteiger partial charge in [-0.25, -0.2) is 0 Å². The van der Waals surface area contributed by atoms with E-state index in [1.165, 1.54) is 33.5 Å². The smallest absolute Gasteiger partial charge is 0.123 e. The number of hydrogen-bond donors (Lipinski definition) is 4. The molecule has 0 saturated carbocycles. The van der Waals surface area contributed by atoms with Gasteiger partial charge in [0.05, 0.1) is 17.4 Å². The van der Waals surface area contributed by atoms with E-state index in [0.29, 0.717) is 0 Å². The van der Waals surface area contributed by atoms with E-state index in [1.54, 1.807) is 0 Å². The Labute approximate surface area is 170 Å². The van der Waals surface area contributed by atoms with Crippen LogP contribution in [0.15, 0.2) is 72.9 Å². The fourth-order valence-corrected chi connectivity index (χ4v) is 4.33. The number of rotatable bonds is 2. The number of hydrogen-bond acceptors (Lipinski definition) is 4. The largest absolute Gasteiger partial charge is 0.387 e. The summed E-state index contributed by atoms with van der Waals surface area (Å²) in [5.41, 5.74) is 9.85. The van der Waals surface area contributed by atoms with Crippen LogP contribution in [-0.4, -0.2) is 0 Å². The molecule has 0 aromatic heterocycles. The Morgan fingerprint density at radius 2 is 1.48 bits per heavy atom. The molecule has 0 fully saturated rings. The van der Waals surface area contributed by atoms with Gasteiger partial charge in [0, 0.05) is 12.2 Å². The molecule has 1 atom stereocenters. The van der Waals surface area contributed by atoms with Gasteiger partial charge in [-0.1, -0.05) is 54.6 Å². The van der Waals surface area contributed by atoms with Crippen molar-refractivity contribution in [1.29, 1.82) is 0 Å². The average molecular weight is 378 g/mol. The van der Waals surface area contributed by atoms with E-state index in [0.717, 1.165) is 17.9 Å². The zero-order chi connectivity index (χ0) is 19.2. The first-order valence-electron chi connectivity index (χ1n) is 10.1. The highest BCUT2D eigenvalue weighted by Gasteiger charge is 2.22. The van der Waals surface area contributed by atoms with E-state index >= 15 is 0 Å². The van der Waals surface area contributed by atoms with Crippen LogP contribution in [-0.2, 0) is 6.54 Å². The summed E-state index contributed by atoms with van der Waals surface area (Å²) < 4.78 is 0. The SMILES string of the molecule is C1=Cc2ccc(C3C=Cc4ccc(C5Nc6ccccc6N5)cc4N3)cc2CN1. The van der Waals surface area contributed by atoms with Crippen LogP contribution in [0, 0.1) is 0 Å². The Kier molecular flexibility index (Phi) is 3.63. The lowest BCUT2D eigenvalue weighted by Gasteiger charge is -2.25. The van der Waals surface area contributed by atoms with Crippen LogP contribution in [0.3, 0.4) is 0 Å². The van der Waals surface area contributed by atoms with Crippen molar-refractivity contribution in [2.75, 3.05) is 16.0 Å². The molecule has 0 saturated heterocycles. The van der Waals surface area contributed by atoms with E-state index in [-0.39, 0.29) is 12.2 Å². The number of para-hydroxylation sites is 2. The minimum Gasteiger partial charge on any atom is -0.387 e. The van der Waals surface area contributed by atoms with E-state index in [1.807, 2.05) is 6.20 Å². The van der Waals surface area contributed by atoms with Gasteiger partial charge < -0.3 is 21.3 Å². The maximum absolute atomic E-state index is 3.72. The second-order valence-corrected chi connectivity index (χ2v) is 7.77. The summed E-state index contributed by atoms with van der Waals surface area (Å²) in [6, 6.07) is 21.9. The van der Waals surface area contributed by atoms with E-state index in [9.17, 15) is 0 Å². The Balaban J connectivity index is 1.27. The van der Waals surface area contributed by atoms with Crippen molar-refractivity contribution in [3.05, 3.63) is 101 Å². The molecule has 1 unspecified atom stereocenters. The lowest BCUT2D eigenvalue weighted by molar-refractivity contribution is 0.851. The quantitative estimate of drug-likeness (QED) is 0.477. The first-order chi connectivity index (χ1) is 14.3. The third-order valence-corrected chi connectivity index (χ3v) is 5.92. The molecule has 3 aromatic carbocycles. The highest BCUT2D eigenvalue weighted by atomic mass is 15.2. The van der Waals surface area contributed by atoms with Crippen LogP contribution in [0.5, 0.6) is 0 Å². The fourth-order valence-electron chi connectivity index (χ4n) is 4.33. The molecule has 0 bridgehead atoms. The summed E-state index contributed by atoms with van der Waals surface area (Å²) in [5.74, 6) is 0. The van der Waals surface area contributed by atoms with E-state index in [2.05, 4.69) is 100 Å². The van der Waals surface area contributed by atoms with E-state index < -0.39 is 0 Å². The Hall–Kier alpha value is -3.66. The molecule has 0 radical (unpaired) electrons. The molecule has 0 amide bonds. The number of fused-ring (bicyclic) bond motifs is 3. The van der Waals surface area contributed by atoms with Gasteiger partial charge in [-0.15, -0.1) is 0 Å². The molecule has 0 spiro atoms. The molecule has 0 aliphatic carbocycles. The summed E-state index contributed by atoms with van der Waals surface area (Å²) in [6.45, 7) is 0.885. The molecular formula is C25H22N4. The predicted molar refractivity (Wildman–Crippen MR) is 121 cm³/mol. The van der Waals surface area contributed by atoms with Gasteiger partial charge in [-0.2, -0.15) is 0 Å². The molecule has 3 aliphatic rings. The molecule has 4 nitrogen and oxygen atoms in total. The van der Waals surface area contributed by atoms with Gasteiger partial charge >= 0.3 is 0 Å². The summed E-state index contributed by atoms with van der Waals surface area (Å²) >= 11 is 0. The van der Waals surface area contributed by atoms with E-state index in [4.69, 9.17) is 0 Å². The maximum atomic E-state index is 3.72.